The molecule has 0 spiro atoms. The number of ether oxygens (including phenoxy) is 1. The Kier molecular flexibility index (Phi) is 3.32. The number of hydrogen-bond donors (Lipinski definition) is 0. The number of methoxy groups -OCH3 is 1. The van der Waals surface area contributed by atoms with E-state index in [1.165, 1.54) is 0 Å². The minimum atomic E-state index is -0.450. The van der Waals surface area contributed by atoms with Gasteiger partial charge < -0.3 is 4.74 Å². The standard InChI is InChI=1S/C10H11ClO2/c1-3-7-4-8(10(11)12)6-9(5-7)13-2/h4-6H,3H2,1-2H3. The number of carbonyl (C=O) groups is 1. The van der Waals surface area contributed by atoms with Gasteiger partial charge in [0.15, 0.2) is 0 Å². The van der Waals surface area contributed by atoms with Crippen LogP contribution in [0.4, 0.5) is 0 Å². The van der Waals surface area contributed by atoms with E-state index in [1.807, 2.05) is 13.0 Å². The summed E-state index contributed by atoms with van der Waals surface area (Å²) < 4.78 is 5.04. The summed E-state index contributed by atoms with van der Waals surface area (Å²) in [6.45, 7) is 2.01. The van der Waals surface area contributed by atoms with Crippen LogP contribution in [0.15, 0.2) is 18.2 Å². The van der Waals surface area contributed by atoms with Crippen molar-refractivity contribution in [3.8, 4) is 5.75 Å². The molecule has 3 heteroatoms. The van der Waals surface area contributed by atoms with Gasteiger partial charge in [-0.25, -0.2) is 0 Å². The van der Waals surface area contributed by atoms with Crippen LogP contribution in [-0.2, 0) is 6.42 Å². The first-order chi connectivity index (χ1) is 6.17. The fraction of sp³-hybridized carbons (Fsp3) is 0.300. The van der Waals surface area contributed by atoms with E-state index in [1.54, 1.807) is 19.2 Å². The summed E-state index contributed by atoms with van der Waals surface area (Å²) in [5.74, 6) is 0.670. The topological polar surface area (TPSA) is 26.3 Å². The van der Waals surface area contributed by atoms with Gasteiger partial charge in [-0.3, -0.25) is 4.79 Å². The molecular weight excluding hydrogens is 188 g/mol. The van der Waals surface area contributed by atoms with Gasteiger partial charge in [-0.1, -0.05) is 6.92 Å². The van der Waals surface area contributed by atoms with Crippen molar-refractivity contribution in [3.63, 3.8) is 0 Å². The molecule has 2 nitrogen and oxygen atoms in total. The Morgan fingerprint density at radius 2 is 2.15 bits per heavy atom. The molecule has 0 aliphatic heterocycles. The Labute approximate surface area is 82.5 Å². The van der Waals surface area contributed by atoms with Gasteiger partial charge in [0, 0.05) is 5.56 Å². The third kappa shape index (κ3) is 2.46. The highest BCUT2D eigenvalue weighted by Crippen LogP contribution is 2.18. The molecule has 0 saturated carbocycles. The maximum absolute atomic E-state index is 10.9. The number of carbonyl (C=O) groups excluding carboxylic acids is 1. The van der Waals surface area contributed by atoms with Crippen LogP contribution in [0, 0.1) is 0 Å². The monoisotopic (exact) mass is 198 g/mol. The van der Waals surface area contributed by atoms with Gasteiger partial charge in [0.25, 0.3) is 5.24 Å². The lowest BCUT2D eigenvalue weighted by molar-refractivity contribution is 0.108. The third-order valence-electron chi connectivity index (χ3n) is 1.84. The third-order valence-corrected chi connectivity index (χ3v) is 2.06. The highest BCUT2D eigenvalue weighted by Gasteiger charge is 2.05. The predicted molar refractivity (Wildman–Crippen MR) is 52.6 cm³/mol. The highest BCUT2D eigenvalue weighted by atomic mass is 35.5. The summed E-state index contributed by atoms with van der Waals surface area (Å²) in [6, 6.07) is 5.30. The first-order valence-electron chi connectivity index (χ1n) is 4.05. The van der Waals surface area contributed by atoms with Gasteiger partial charge in [-0.2, -0.15) is 0 Å². The Bertz CT molecular complexity index is 298. The fourth-order valence-electron chi connectivity index (χ4n) is 1.10. The summed E-state index contributed by atoms with van der Waals surface area (Å²) in [7, 11) is 1.57. The Balaban J connectivity index is 3.14. The Morgan fingerprint density at radius 3 is 2.62 bits per heavy atom. The maximum atomic E-state index is 10.9. The molecular formula is C10H11ClO2. The molecule has 0 aliphatic rings. The molecule has 13 heavy (non-hydrogen) atoms. The first kappa shape index (κ1) is 10.1. The van der Waals surface area contributed by atoms with E-state index in [0.29, 0.717) is 11.3 Å². The number of rotatable bonds is 3. The number of aryl methyl sites for hydroxylation is 1. The number of hydrogen-bond acceptors (Lipinski definition) is 2. The molecule has 70 valence electrons. The molecule has 0 bridgehead atoms. The van der Waals surface area contributed by atoms with Crippen molar-refractivity contribution < 1.29 is 9.53 Å². The van der Waals surface area contributed by atoms with Crippen molar-refractivity contribution in [1.82, 2.24) is 0 Å². The summed E-state index contributed by atoms with van der Waals surface area (Å²) >= 11 is 5.37. The van der Waals surface area contributed by atoms with Crippen LogP contribution in [0.5, 0.6) is 5.75 Å². The molecule has 0 atom stereocenters. The van der Waals surface area contributed by atoms with Crippen molar-refractivity contribution in [2.24, 2.45) is 0 Å². The van der Waals surface area contributed by atoms with Crippen LogP contribution in [-0.4, -0.2) is 12.4 Å². The van der Waals surface area contributed by atoms with Gasteiger partial charge >= 0.3 is 0 Å². The van der Waals surface area contributed by atoms with Crippen LogP contribution in [0.2, 0.25) is 0 Å². The molecule has 0 aromatic heterocycles. The first-order valence-corrected chi connectivity index (χ1v) is 4.43. The van der Waals surface area contributed by atoms with Crippen LogP contribution in [0.25, 0.3) is 0 Å². The summed E-state index contributed by atoms with van der Waals surface area (Å²) in [6.07, 6.45) is 0.856. The normalized spacial score (nSPS) is 9.77. The highest BCUT2D eigenvalue weighted by molar-refractivity contribution is 6.67. The largest absolute Gasteiger partial charge is 0.497 e. The lowest BCUT2D eigenvalue weighted by Gasteiger charge is -2.04. The van der Waals surface area contributed by atoms with Crippen molar-refractivity contribution >= 4 is 16.8 Å². The lowest BCUT2D eigenvalue weighted by atomic mass is 10.1. The van der Waals surface area contributed by atoms with Gasteiger partial charge in [-0.15, -0.1) is 0 Å². The Morgan fingerprint density at radius 1 is 1.46 bits per heavy atom. The molecule has 1 rings (SSSR count). The van der Waals surface area contributed by atoms with Crippen molar-refractivity contribution in [2.45, 2.75) is 13.3 Å². The molecule has 1 aromatic rings. The van der Waals surface area contributed by atoms with E-state index in [2.05, 4.69) is 0 Å². The molecule has 0 aliphatic carbocycles. The number of halogens is 1. The second-order valence-electron chi connectivity index (χ2n) is 2.70. The van der Waals surface area contributed by atoms with Gasteiger partial charge in [-0.05, 0) is 41.8 Å². The maximum Gasteiger partial charge on any atom is 0.252 e. The summed E-state index contributed by atoms with van der Waals surface area (Å²) in [5, 5.41) is -0.450. The molecule has 0 saturated heterocycles. The second-order valence-corrected chi connectivity index (χ2v) is 3.04. The smallest absolute Gasteiger partial charge is 0.252 e. The minimum Gasteiger partial charge on any atom is -0.497 e. The van der Waals surface area contributed by atoms with Crippen LogP contribution < -0.4 is 4.74 Å². The van der Waals surface area contributed by atoms with E-state index in [0.717, 1.165) is 12.0 Å². The fourth-order valence-corrected chi connectivity index (χ4v) is 1.21. The van der Waals surface area contributed by atoms with Gasteiger partial charge in [0.05, 0.1) is 7.11 Å². The van der Waals surface area contributed by atoms with Gasteiger partial charge in [0.1, 0.15) is 5.75 Å². The average Bonchev–Trinajstić information content (AvgIpc) is 2.16. The van der Waals surface area contributed by atoms with E-state index in [9.17, 15) is 4.79 Å². The van der Waals surface area contributed by atoms with Crippen molar-refractivity contribution in [3.05, 3.63) is 29.3 Å². The molecule has 0 unspecified atom stereocenters. The lowest BCUT2D eigenvalue weighted by Crippen LogP contribution is -1.94. The molecule has 0 fully saturated rings. The van der Waals surface area contributed by atoms with E-state index in [-0.39, 0.29) is 0 Å². The zero-order valence-corrected chi connectivity index (χ0v) is 8.39. The van der Waals surface area contributed by atoms with E-state index >= 15 is 0 Å². The number of benzene rings is 1. The minimum absolute atomic E-state index is 0.450. The molecule has 1 aromatic carbocycles. The second kappa shape index (κ2) is 4.28. The van der Waals surface area contributed by atoms with Crippen LogP contribution in [0.1, 0.15) is 22.8 Å². The van der Waals surface area contributed by atoms with E-state index < -0.39 is 5.24 Å². The zero-order chi connectivity index (χ0) is 9.84. The quantitative estimate of drug-likeness (QED) is 0.698. The van der Waals surface area contributed by atoms with Crippen LogP contribution >= 0.6 is 11.6 Å². The molecule has 0 amide bonds. The summed E-state index contributed by atoms with van der Waals surface area (Å²) in [4.78, 5) is 10.9. The van der Waals surface area contributed by atoms with Gasteiger partial charge in [0.2, 0.25) is 0 Å². The average molecular weight is 199 g/mol. The van der Waals surface area contributed by atoms with Crippen molar-refractivity contribution in [2.75, 3.05) is 7.11 Å². The predicted octanol–water partition coefficient (Wildman–Crippen LogP) is 2.64. The van der Waals surface area contributed by atoms with Crippen molar-refractivity contribution in [1.29, 1.82) is 0 Å². The zero-order valence-electron chi connectivity index (χ0n) is 7.63. The van der Waals surface area contributed by atoms with Crippen LogP contribution in [0.3, 0.4) is 0 Å². The SMILES string of the molecule is CCc1cc(OC)cc(C(=O)Cl)c1. The molecule has 0 radical (unpaired) electrons. The Hall–Kier alpha value is -1.02. The van der Waals surface area contributed by atoms with E-state index in [4.69, 9.17) is 16.3 Å². The molecule has 0 N–H and O–H groups in total. The molecule has 0 heterocycles. The summed E-state index contributed by atoms with van der Waals surface area (Å²) in [5.41, 5.74) is 1.53.